The zero-order valence-corrected chi connectivity index (χ0v) is 9.11. The molecule has 84 valence electrons. The molecule has 0 aliphatic rings. The van der Waals surface area contributed by atoms with Crippen molar-refractivity contribution in [2.24, 2.45) is 0 Å². The molecule has 0 unspecified atom stereocenters. The van der Waals surface area contributed by atoms with E-state index in [1.807, 2.05) is 13.8 Å². The molecule has 2 rings (SSSR count). The third-order valence-electron chi connectivity index (χ3n) is 2.28. The molecule has 4 N–H and O–H groups in total. The lowest BCUT2D eigenvalue weighted by molar-refractivity contribution is 0.836. The summed E-state index contributed by atoms with van der Waals surface area (Å²) in [7, 11) is 0. The van der Waals surface area contributed by atoms with Gasteiger partial charge in [0.15, 0.2) is 11.6 Å². The predicted molar refractivity (Wildman–Crippen MR) is 60.9 cm³/mol. The minimum atomic E-state index is -0.214. The number of nitrogen functional groups attached to an aromatic ring is 1. The summed E-state index contributed by atoms with van der Waals surface area (Å²) in [6.07, 6.45) is 3.24. The fraction of sp³-hybridized carbons (Fsp3) is 0.300. The first-order valence-electron chi connectivity index (χ1n) is 4.99. The second-order valence-electron chi connectivity index (χ2n) is 3.81. The molecule has 6 heteroatoms. The summed E-state index contributed by atoms with van der Waals surface area (Å²) in [6, 6.07) is 0. The smallest absolute Gasteiger partial charge is 0.256 e. The maximum atomic E-state index is 11.8. The maximum absolute atomic E-state index is 11.8. The Balaban J connectivity index is 2.58. The van der Waals surface area contributed by atoms with E-state index < -0.39 is 0 Å². The Kier molecular flexibility index (Phi) is 2.47. The monoisotopic (exact) mass is 219 g/mol. The van der Waals surface area contributed by atoms with Crippen LogP contribution in [-0.2, 0) is 0 Å². The van der Waals surface area contributed by atoms with Crippen LogP contribution in [0, 0.1) is 0 Å². The quantitative estimate of drug-likeness (QED) is 0.697. The van der Waals surface area contributed by atoms with Crippen molar-refractivity contribution >= 4 is 5.82 Å². The van der Waals surface area contributed by atoms with Crippen LogP contribution in [0.3, 0.4) is 0 Å². The van der Waals surface area contributed by atoms with Crippen molar-refractivity contribution in [1.29, 1.82) is 0 Å². The van der Waals surface area contributed by atoms with Crippen LogP contribution in [0.2, 0.25) is 0 Å². The van der Waals surface area contributed by atoms with Gasteiger partial charge in [-0.1, -0.05) is 13.8 Å². The largest absolute Gasteiger partial charge is 0.383 e. The molecule has 0 spiro atoms. The van der Waals surface area contributed by atoms with E-state index in [0.717, 1.165) is 0 Å². The molecule has 0 saturated carbocycles. The van der Waals surface area contributed by atoms with Gasteiger partial charge in [0.1, 0.15) is 5.82 Å². The van der Waals surface area contributed by atoms with Crippen LogP contribution in [0.15, 0.2) is 17.2 Å². The Morgan fingerprint density at radius 2 is 2.12 bits per heavy atom. The van der Waals surface area contributed by atoms with Gasteiger partial charge >= 0.3 is 0 Å². The minimum absolute atomic E-state index is 0.0434. The number of hydrogen-bond donors (Lipinski definition) is 3. The minimum Gasteiger partial charge on any atom is -0.383 e. The van der Waals surface area contributed by atoms with Gasteiger partial charge in [-0.05, 0) is 5.92 Å². The van der Waals surface area contributed by atoms with Crippen molar-refractivity contribution in [3.05, 3.63) is 28.3 Å². The van der Waals surface area contributed by atoms with Gasteiger partial charge in [-0.3, -0.25) is 4.79 Å². The number of imidazole rings is 1. The highest BCUT2D eigenvalue weighted by atomic mass is 16.1. The summed E-state index contributed by atoms with van der Waals surface area (Å²) in [5, 5.41) is 0. The lowest BCUT2D eigenvalue weighted by Gasteiger charge is -2.07. The molecule has 6 nitrogen and oxygen atoms in total. The summed E-state index contributed by atoms with van der Waals surface area (Å²) in [5.74, 6) is 1.16. The van der Waals surface area contributed by atoms with Crippen LogP contribution in [0.1, 0.15) is 25.3 Å². The van der Waals surface area contributed by atoms with Gasteiger partial charge in [0.05, 0.1) is 5.56 Å². The second kappa shape index (κ2) is 3.80. The number of nitrogens with one attached hydrogen (secondary N) is 2. The zero-order valence-electron chi connectivity index (χ0n) is 9.11. The van der Waals surface area contributed by atoms with Crippen LogP contribution < -0.4 is 11.3 Å². The fourth-order valence-electron chi connectivity index (χ4n) is 1.56. The van der Waals surface area contributed by atoms with E-state index in [0.29, 0.717) is 17.2 Å². The van der Waals surface area contributed by atoms with Gasteiger partial charge < -0.3 is 15.7 Å². The summed E-state index contributed by atoms with van der Waals surface area (Å²) < 4.78 is 0. The second-order valence-corrected chi connectivity index (χ2v) is 3.81. The Labute approximate surface area is 92.0 Å². The van der Waals surface area contributed by atoms with Crippen molar-refractivity contribution in [3.8, 4) is 11.6 Å². The van der Waals surface area contributed by atoms with Crippen LogP contribution in [-0.4, -0.2) is 19.9 Å². The lowest BCUT2D eigenvalue weighted by atomic mass is 10.1. The highest BCUT2D eigenvalue weighted by molar-refractivity contribution is 5.49. The van der Waals surface area contributed by atoms with Gasteiger partial charge in [0, 0.05) is 12.4 Å². The van der Waals surface area contributed by atoms with E-state index in [4.69, 9.17) is 5.73 Å². The van der Waals surface area contributed by atoms with E-state index in [1.54, 1.807) is 12.4 Å². The van der Waals surface area contributed by atoms with Crippen molar-refractivity contribution < 1.29 is 0 Å². The zero-order chi connectivity index (χ0) is 11.7. The molecule has 0 bridgehead atoms. The number of nitrogens with two attached hydrogens (primary N) is 1. The number of aromatic nitrogens is 4. The summed E-state index contributed by atoms with van der Waals surface area (Å²) in [6.45, 7) is 3.80. The van der Waals surface area contributed by atoms with E-state index in [-0.39, 0.29) is 17.3 Å². The first kappa shape index (κ1) is 10.4. The molecular weight excluding hydrogens is 206 g/mol. The number of H-pyrrole nitrogens is 2. The van der Waals surface area contributed by atoms with Crippen LogP contribution in [0.25, 0.3) is 11.6 Å². The molecule has 0 aromatic carbocycles. The molecule has 0 aliphatic carbocycles. The average molecular weight is 219 g/mol. The van der Waals surface area contributed by atoms with E-state index in [9.17, 15) is 4.79 Å². The highest BCUT2D eigenvalue weighted by Gasteiger charge is 2.13. The van der Waals surface area contributed by atoms with Gasteiger partial charge in [0.2, 0.25) is 0 Å². The Morgan fingerprint density at radius 3 is 2.62 bits per heavy atom. The van der Waals surface area contributed by atoms with Crippen molar-refractivity contribution in [2.45, 2.75) is 19.8 Å². The fourth-order valence-corrected chi connectivity index (χ4v) is 1.56. The van der Waals surface area contributed by atoms with E-state index in [1.165, 1.54) is 0 Å². The topological polar surface area (TPSA) is 100 Å². The number of hydrogen-bond acceptors (Lipinski definition) is 4. The van der Waals surface area contributed by atoms with Crippen LogP contribution in [0.5, 0.6) is 0 Å². The molecule has 2 aromatic heterocycles. The predicted octanol–water partition coefficient (Wildman–Crippen LogP) is 0.866. The number of rotatable bonds is 2. The van der Waals surface area contributed by atoms with Gasteiger partial charge in [-0.25, -0.2) is 9.97 Å². The molecule has 16 heavy (non-hydrogen) atoms. The van der Waals surface area contributed by atoms with Crippen LogP contribution in [0.4, 0.5) is 5.82 Å². The standard InChI is InChI=1S/C10H13N5O/c1-5(2)6-7(11)14-9(15-10(6)16)8-12-3-4-13-8/h3-5H,1-2H3,(H,12,13)(H3,11,14,15,16). The molecule has 0 saturated heterocycles. The number of aromatic amines is 2. The van der Waals surface area contributed by atoms with Crippen molar-refractivity contribution in [3.63, 3.8) is 0 Å². The van der Waals surface area contributed by atoms with Gasteiger partial charge in [0.25, 0.3) is 5.56 Å². The first-order chi connectivity index (χ1) is 7.59. The van der Waals surface area contributed by atoms with Gasteiger partial charge in [-0.2, -0.15) is 0 Å². The molecule has 2 heterocycles. The molecule has 0 amide bonds. The molecule has 0 fully saturated rings. The summed E-state index contributed by atoms with van der Waals surface area (Å²) >= 11 is 0. The lowest BCUT2D eigenvalue weighted by Crippen LogP contribution is -2.19. The summed E-state index contributed by atoms with van der Waals surface area (Å²) in [4.78, 5) is 25.4. The molecule has 0 atom stereocenters. The Morgan fingerprint density at radius 1 is 1.38 bits per heavy atom. The first-order valence-corrected chi connectivity index (χ1v) is 4.99. The molecule has 0 aliphatic heterocycles. The summed E-state index contributed by atoms with van der Waals surface area (Å²) in [5.41, 5.74) is 6.05. The molecular formula is C10H13N5O. The number of nitrogens with zero attached hydrogens (tertiary/aromatic N) is 2. The number of anilines is 1. The van der Waals surface area contributed by atoms with Crippen molar-refractivity contribution in [2.75, 3.05) is 5.73 Å². The third kappa shape index (κ3) is 1.69. The normalized spacial score (nSPS) is 10.9. The van der Waals surface area contributed by atoms with Gasteiger partial charge in [-0.15, -0.1) is 0 Å². The Bertz CT molecular complexity index is 541. The van der Waals surface area contributed by atoms with Crippen molar-refractivity contribution in [1.82, 2.24) is 19.9 Å². The van der Waals surface area contributed by atoms with E-state index >= 15 is 0 Å². The SMILES string of the molecule is CC(C)c1c(N)nc(-c2ncc[nH]2)[nH]c1=O. The highest BCUT2D eigenvalue weighted by Crippen LogP contribution is 2.17. The third-order valence-corrected chi connectivity index (χ3v) is 2.28. The average Bonchev–Trinajstić information content (AvgIpc) is 2.67. The Hall–Kier alpha value is -2.11. The van der Waals surface area contributed by atoms with Crippen LogP contribution >= 0.6 is 0 Å². The molecule has 2 aromatic rings. The van der Waals surface area contributed by atoms with E-state index in [2.05, 4.69) is 19.9 Å². The maximum Gasteiger partial charge on any atom is 0.256 e. The molecule has 0 radical (unpaired) electrons.